The van der Waals surface area contributed by atoms with Crippen molar-refractivity contribution in [3.05, 3.63) is 0 Å². The molecule has 0 N–H and O–H groups in total. The van der Waals surface area contributed by atoms with E-state index < -0.39 is 0 Å². The number of rotatable bonds is 9. The summed E-state index contributed by atoms with van der Waals surface area (Å²) >= 11 is 5.88. The predicted molar refractivity (Wildman–Crippen MR) is 78.1 cm³/mol. The minimum atomic E-state index is 0.309. The monoisotopic (exact) mass is 273 g/mol. The molecule has 0 aliphatic carbocycles. The van der Waals surface area contributed by atoms with Crippen molar-refractivity contribution in [3.8, 4) is 0 Å². The molecule has 1 aliphatic rings. The van der Waals surface area contributed by atoms with E-state index in [9.17, 15) is 4.79 Å². The Morgan fingerprint density at radius 1 is 1.17 bits per heavy atom. The largest absolute Gasteiger partial charge is 0.339 e. The van der Waals surface area contributed by atoms with Crippen LogP contribution in [0.4, 0.5) is 0 Å². The van der Waals surface area contributed by atoms with Crippen molar-refractivity contribution in [2.75, 3.05) is 12.4 Å². The molecule has 1 heterocycles. The molecule has 0 bridgehead atoms. The van der Waals surface area contributed by atoms with Crippen LogP contribution in [0.15, 0.2) is 0 Å². The minimum Gasteiger partial charge on any atom is -0.339 e. The average molecular weight is 274 g/mol. The van der Waals surface area contributed by atoms with Gasteiger partial charge in [-0.3, -0.25) is 4.79 Å². The molecule has 1 fully saturated rings. The summed E-state index contributed by atoms with van der Waals surface area (Å²) in [6.45, 7) is 3.16. The highest BCUT2D eigenvalue weighted by Crippen LogP contribution is 2.20. The van der Waals surface area contributed by atoms with Crippen LogP contribution in [0, 0.1) is 0 Å². The number of alkyl halides is 1. The Balaban J connectivity index is 2.03. The number of carbonyl (C=O) groups excluding carboxylic acids is 1. The Kier molecular flexibility index (Phi) is 8.49. The highest BCUT2D eigenvalue weighted by Gasteiger charge is 2.27. The molecule has 0 saturated carbocycles. The van der Waals surface area contributed by atoms with Gasteiger partial charge in [-0.2, -0.15) is 0 Å². The average Bonchev–Trinajstić information content (AvgIpc) is 2.85. The number of unbranched alkanes of at least 4 members (excludes halogenated alkanes) is 6. The molecular weight excluding hydrogens is 246 g/mol. The van der Waals surface area contributed by atoms with Crippen LogP contribution in [0.2, 0.25) is 0 Å². The van der Waals surface area contributed by atoms with Crippen molar-refractivity contribution in [2.24, 2.45) is 0 Å². The Hall–Kier alpha value is -0.240. The normalized spacial score (nSPS) is 19.4. The summed E-state index contributed by atoms with van der Waals surface area (Å²) in [5.74, 6) is 0.926. The summed E-state index contributed by atoms with van der Waals surface area (Å²) in [6.07, 6.45) is 11.8. The molecule has 1 atom stereocenters. The van der Waals surface area contributed by atoms with Crippen molar-refractivity contribution in [1.82, 2.24) is 4.90 Å². The zero-order valence-electron chi connectivity index (χ0n) is 11.8. The molecule has 1 saturated heterocycles. The van der Waals surface area contributed by atoms with Gasteiger partial charge in [0.15, 0.2) is 0 Å². The summed E-state index contributed by atoms with van der Waals surface area (Å²) in [4.78, 5) is 14.0. The molecule has 18 heavy (non-hydrogen) atoms. The van der Waals surface area contributed by atoms with E-state index in [4.69, 9.17) is 11.6 Å². The van der Waals surface area contributed by atoms with Crippen LogP contribution in [0.25, 0.3) is 0 Å². The molecule has 1 aliphatic heterocycles. The maximum Gasteiger partial charge on any atom is 0.222 e. The second kappa shape index (κ2) is 9.66. The van der Waals surface area contributed by atoms with E-state index in [-0.39, 0.29) is 0 Å². The fourth-order valence-corrected chi connectivity index (χ4v) is 3.02. The van der Waals surface area contributed by atoms with Crippen LogP contribution >= 0.6 is 11.6 Å². The van der Waals surface area contributed by atoms with Crippen molar-refractivity contribution in [3.63, 3.8) is 0 Å². The van der Waals surface area contributed by atoms with E-state index in [0.717, 1.165) is 32.2 Å². The highest BCUT2D eigenvalue weighted by atomic mass is 35.5. The quantitative estimate of drug-likeness (QED) is 0.452. The third-order valence-electron chi connectivity index (χ3n) is 3.87. The van der Waals surface area contributed by atoms with Crippen LogP contribution < -0.4 is 0 Å². The molecule has 0 aromatic rings. The minimum absolute atomic E-state index is 0.309. The third-order valence-corrected chi connectivity index (χ3v) is 4.23. The first-order chi connectivity index (χ1) is 8.79. The van der Waals surface area contributed by atoms with Gasteiger partial charge in [0.1, 0.15) is 0 Å². The van der Waals surface area contributed by atoms with Crippen molar-refractivity contribution in [1.29, 1.82) is 0 Å². The molecule has 0 spiro atoms. The van der Waals surface area contributed by atoms with Crippen LogP contribution in [0.1, 0.15) is 71.1 Å². The predicted octanol–water partition coefficient (Wildman–Crippen LogP) is 4.36. The summed E-state index contributed by atoms with van der Waals surface area (Å²) in [5.41, 5.74) is 0. The first-order valence-corrected chi connectivity index (χ1v) is 8.18. The molecule has 1 rings (SSSR count). The molecular formula is C15H28ClNO. The molecule has 2 nitrogen and oxygen atoms in total. The fraction of sp³-hybridized carbons (Fsp3) is 0.933. The van der Waals surface area contributed by atoms with Crippen molar-refractivity contribution >= 4 is 17.5 Å². The molecule has 106 valence electrons. The van der Waals surface area contributed by atoms with E-state index in [1.165, 1.54) is 38.5 Å². The Morgan fingerprint density at radius 2 is 1.83 bits per heavy atom. The number of nitrogens with zero attached hydrogens (tertiary/aromatic N) is 1. The van der Waals surface area contributed by atoms with Gasteiger partial charge in [-0.1, -0.05) is 45.4 Å². The third kappa shape index (κ3) is 5.60. The maximum atomic E-state index is 12.0. The van der Waals surface area contributed by atoms with Gasteiger partial charge in [-0.25, -0.2) is 0 Å². The SMILES string of the molecule is CCCCCCCCCC(=O)N1CCCC1CCl. The smallest absolute Gasteiger partial charge is 0.222 e. The first-order valence-electron chi connectivity index (χ1n) is 7.65. The van der Waals surface area contributed by atoms with Gasteiger partial charge in [-0.05, 0) is 19.3 Å². The van der Waals surface area contributed by atoms with Gasteiger partial charge in [0.05, 0.1) is 0 Å². The molecule has 3 heteroatoms. The zero-order valence-corrected chi connectivity index (χ0v) is 12.6. The van der Waals surface area contributed by atoms with E-state index in [1.807, 2.05) is 4.90 Å². The lowest BCUT2D eigenvalue weighted by Crippen LogP contribution is -2.36. The summed E-state index contributed by atoms with van der Waals surface area (Å²) in [7, 11) is 0. The van der Waals surface area contributed by atoms with Crippen molar-refractivity contribution in [2.45, 2.75) is 77.2 Å². The second-order valence-electron chi connectivity index (χ2n) is 5.41. The molecule has 0 aromatic heterocycles. The Bertz CT molecular complexity index is 233. The van der Waals surface area contributed by atoms with Gasteiger partial charge in [0, 0.05) is 24.9 Å². The van der Waals surface area contributed by atoms with Crippen LogP contribution in [0.5, 0.6) is 0 Å². The molecule has 0 radical (unpaired) electrons. The van der Waals surface area contributed by atoms with E-state index >= 15 is 0 Å². The summed E-state index contributed by atoms with van der Waals surface area (Å²) < 4.78 is 0. The van der Waals surface area contributed by atoms with E-state index in [2.05, 4.69) is 6.92 Å². The van der Waals surface area contributed by atoms with Gasteiger partial charge in [0.25, 0.3) is 0 Å². The van der Waals surface area contributed by atoms with E-state index in [0.29, 0.717) is 17.8 Å². The number of likely N-dealkylation sites (tertiary alicyclic amines) is 1. The zero-order chi connectivity index (χ0) is 13.2. The van der Waals surface area contributed by atoms with Gasteiger partial charge in [-0.15, -0.1) is 11.6 Å². The van der Waals surface area contributed by atoms with Gasteiger partial charge >= 0.3 is 0 Å². The Morgan fingerprint density at radius 3 is 2.50 bits per heavy atom. The second-order valence-corrected chi connectivity index (χ2v) is 5.72. The summed E-state index contributed by atoms with van der Waals surface area (Å²) in [5, 5.41) is 0. The number of hydrogen-bond acceptors (Lipinski definition) is 1. The molecule has 1 unspecified atom stereocenters. The molecule has 0 aromatic carbocycles. The lowest BCUT2D eigenvalue weighted by molar-refractivity contribution is -0.131. The van der Waals surface area contributed by atoms with Crippen LogP contribution in [-0.2, 0) is 4.79 Å². The van der Waals surface area contributed by atoms with Crippen LogP contribution in [-0.4, -0.2) is 29.3 Å². The Labute approximate surface area is 117 Å². The topological polar surface area (TPSA) is 20.3 Å². The van der Waals surface area contributed by atoms with Gasteiger partial charge < -0.3 is 4.90 Å². The van der Waals surface area contributed by atoms with Gasteiger partial charge in [0.2, 0.25) is 5.91 Å². The number of carbonyl (C=O) groups is 1. The van der Waals surface area contributed by atoms with Crippen molar-refractivity contribution < 1.29 is 4.79 Å². The number of hydrogen-bond donors (Lipinski definition) is 0. The maximum absolute atomic E-state index is 12.0. The highest BCUT2D eigenvalue weighted by molar-refractivity contribution is 6.18. The molecule has 1 amide bonds. The number of halogens is 1. The first kappa shape index (κ1) is 15.8. The fourth-order valence-electron chi connectivity index (χ4n) is 2.70. The van der Waals surface area contributed by atoms with E-state index in [1.54, 1.807) is 0 Å². The van der Waals surface area contributed by atoms with Crippen LogP contribution in [0.3, 0.4) is 0 Å². The lowest BCUT2D eigenvalue weighted by atomic mass is 10.1. The lowest BCUT2D eigenvalue weighted by Gasteiger charge is -2.22. The summed E-state index contributed by atoms with van der Waals surface area (Å²) in [6, 6.07) is 0.309. The standard InChI is InChI=1S/C15H28ClNO/c1-2-3-4-5-6-7-8-11-15(18)17-12-9-10-14(17)13-16/h14H,2-13H2,1H3. The number of amides is 1.